The number of nitrogens with one attached hydrogen (secondary N) is 1. The van der Waals surface area contributed by atoms with Crippen molar-refractivity contribution < 1.29 is 14.1 Å². The van der Waals surface area contributed by atoms with Gasteiger partial charge in [-0.2, -0.15) is 0 Å². The van der Waals surface area contributed by atoms with Crippen LogP contribution in [-0.4, -0.2) is 37.2 Å². The van der Waals surface area contributed by atoms with Gasteiger partial charge in [0, 0.05) is 0 Å². The van der Waals surface area contributed by atoms with Crippen LogP contribution in [0.25, 0.3) is 0 Å². The molecule has 4 unspecified atom stereocenters. The SMILES string of the molecule is CCC1CC2OB(C(CC(C)C)NC(=O)CN)O[C@@]2(C)C(C)C1(C)C. The summed E-state index contributed by atoms with van der Waals surface area (Å²) in [7, 11) is -0.401. The number of rotatable bonds is 6. The second kappa shape index (κ2) is 7.57. The third-order valence-electron chi connectivity index (χ3n) is 6.91. The zero-order chi connectivity index (χ0) is 19.0. The van der Waals surface area contributed by atoms with Gasteiger partial charge in [0.2, 0.25) is 5.91 Å². The molecule has 144 valence electrons. The van der Waals surface area contributed by atoms with Crippen LogP contribution in [0.5, 0.6) is 0 Å². The Morgan fingerprint density at radius 3 is 2.52 bits per heavy atom. The van der Waals surface area contributed by atoms with Gasteiger partial charge < -0.3 is 20.4 Å². The van der Waals surface area contributed by atoms with Gasteiger partial charge in [0.1, 0.15) is 0 Å². The van der Waals surface area contributed by atoms with Crippen LogP contribution in [0.3, 0.4) is 0 Å². The lowest BCUT2D eigenvalue weighted by atomic mass is 9.56. The van der Waals surface area contributed by atoms with Crippen LogP contribution in [-0.2, 0) is 14.1 Å². The molecule has 0 radical (unpaired) electrons. The maximum Gasteiger partial charge on any atom is 0.481 e. The van der Waals surface area contributed by atoms with E-state index in [1.54, 1.807) is 0 Å². The minimum absolute atomic E-state index is 0.0106. The smallest absolute Gasteiger partial charge is 0.404 e. The fourth-order valence-corrected chi connectivity index (χ4v) is 4.86. The predicted molar refractivity (Wildman–Crippen MR) is 102 cm³/mol. The molecule has 0 aromatic heterocycles. The van der Waals surface area contributed by atoms with Crippen molar-refractivity contribution in [3.63, 3.8) is 0 Å². The highest BCUT2D eigenvalue weighted by Gasteiger charge is 2.61. The normalized spacial score (nSPS) is 35.6. The Hall–Kier alpha value is -0.585. The van der Waals surface area contributed by atoms with Gasteiger partial charge in [0.15, 0.2) is 0 Å². The van der Waals surface area contributed by atoms with Gasteiger partial charge in [0.05, 0.1) is 24.2 Å². The van der Waals surface area contributed by atoms with Gasteiger partial charge in [-0.15, -0.1) is 0 Å². The molecule has 25 heavy (non-hydrogen) atoms. The molecule has 1 aliphatic carbocycles. The van der Waals surface area contributed by atoms with E-state index in [0.717, 1.165) is 19.3 Å². The van der Waals surface area contributed by atoms with Crippen LogP contribution in [0.15, 0.2) is 0 Å². The largest absolute Gasteiger partial charge is 0.481 e. The fourth-order valence-electron chi connectivity index (χ4n) is 4.86. The molecule has 5 atom stereocenters. The summed E-state index contributed by atoms with van der Waals surface area (Å²) < 4.78 is 12.9. The lowest BCUT2D eigenvalue weighted by Gasteiger charge is -2.54. The third kappa shape index (κ3) is 3.91. The average molecular weight is 352 g/mol. The Bertz CT molecular complexity index is 485. The van der Waals surface area contributed by atoms with Crippen molar-refractivity contribution in [1.29, 1.82) is 0 Å². The number of hydrogen-bond donors (Lipinski definition) is 2. The lowest BCUT2D eigenvalue weighted by molar-refractivity contribution is -0.120. The van der Waals surface area contributed by atoms with E-state index in [1.807, 2.05) is 0 Å². The second-order valence-corrected chi connectivity index (χ2v) is 9.19. The zero-order valence-corrected chi connectivity index (χ0v) is 17.1. The molecule has 2 fully saturated rings. The molecule has 1 aliphatic heterocycles. The molecule has 1 saturated carbocycles. The summed E-state index contributed by atoms with van der Waals surface area (Å²) in [5.41, 5.74) is 5.38. The first kappa shape index (κ1) is 20.7. The summed E-state index contributed by atoms with van der Waals surface area (Å²) in [5, 5.41) is 3.01. The van der Waals surface area contributed by atoms with Gasteiger partial charge >= 0.3 is 7.12 Å². The highest BCUT2D eigenvalue weighted by molar-refractivity contribution is 6.47. The van der Waals surface area contributed by atoms with Crippen LogP contribution < -0.4 is 11.1 Å². The van der Waals surface area contributed by atoms with Crippen molar-refractivity contribution in [1.82, 2.24) is 5.32 Å². The average Bonchev–Trinajstić information content (AvgIpc) is 2.88. The predicted octanol–water partition coefficient (Wildman–Crippen LogP) is 2.77. The molecule has 1 saturated heterocycles. The Morgan fingerprint density at radius 2 is 2.00 bits per heavy atom. The summed E-state index contributed by atoms with van der Waals surface area (Å²) in [4.78, 5) is 11.9. The Kier molecular flexibility index (Phi) is 6.28. The van der Waals surface area contributed by atoms with Crippen LogP contribution in [0.4, 0.5) is 0 Å². The summed E-state index contributed by atoms with van der Waals surface area (Å²) in [6.07, 6.45) is 3.06. The van der Waals surface area contributed by atoms with E-state index in [1.165, 1.54) is 0 Å². The van der Waals surface area contributed by atoms with Gasteiger partial charge in [-0.05, 0) is 42.9 Å². The molecule has 6 heteroatoms. The number of amides is 1. The fraction of sp³-hybridized carbons (Fsp3) is 0.947. The maximum atomic E-state index is 11.9. The van der Waals surface area contributed by atoms with Crippen molar-refractivity contribution in [2.24, 2.45) is 28.9 Å². The minimum Gasteiger partial charge on any atom is -0.404 e. The minimum atomic E-state index is -0.401. The zero-order valence-electron chi connectivity index (χ0n) is 17.1. The second-order valence-electron chi connectivity index (χ2n) is 9.19. The van der Waals surface area contributed by atoms with E-state index in [4.69, 9.17) is 15.0 Å². The summed E-state index contributed by atoms with van der Waals surface area (Å²) in [5.74, 6) is 1.11. The van der Waals surface area contributed by atoms with Crippen LogP contribution in [0, 0.1) is 23.2 Å². The molecule has 2 aliphatic rings. The molecule has 0 bridgehead atoms. The number of hydrogen-bond acceptors (Lipinski definition) is 4. The summed E-state index contributed by atoms with van der Waals surface area (Å²) in [6.45, 7) is 15.7. The lowest BCUT2D eigenvalue weighted by Crippen LogP contribution is -2.56. The topological polar surface area (TPSA) is 73.6 Å². The number of carbonyl (C=O) groups excluding carboxylic acids is 1. The first-order valence-electron chi connectivity index (χ1n) is 9.88. The molecule has 0 spiro atoms. The van der Waals surface area contributed by atoms with Crippen molar-refractivity contribution >= 4 is 13.0 Å². The molecule has 1 heterocycles. The molecule has 0 aromatic carbocycles. The maximum absolute atomic E-state index is 11.9. The van der Waals surface area contributed by atoms with Crippen LogP contribution >= 0.6 is 0 Å². The van der Waals surface area contributed by atoms with Crippen molar-refractivity contribution in [3.05, 3.63) is 0 Å². The molecule has 3 N–H and O–H groups in total. The number of fused-ring (bicyclic) bond motifs is 1. The van der Waals surface area contributed by atoms with E-state index >= 15 is 0 Å². The monoisotopic (exact) mass is 352 g/mol. The van der Waals surface area contributed by atoms with Crippen molar-refractivity contribution in [3.8, 4) is 0 Å². The molecule has 5 nitrogen and oxygen atoms in total. The van der Waals surface area contributed by atoms with Crippen molar-refractivity contribution in [2.75, 3.05) is 6.54 Å². The van der Waals surface area contributed by atoms with Crippen LogP contribution in [0.1, 0.15) is 67.7 Å². The standard InChI is InChI=1S/C19H37BN2O3/c1-8-14-10-15-19(7,13(4)18(14,5)6)25-20(24-15)16(9-12(2)3)22-17(23)11-21/h12-16H,8-11,21H2,1-7H3,(H,22,23)/t13?,14?,15?,16?,19-/m0/s1. The molecule has 0 aromatic rings. The molecular formula is C19H37BN2O3. The Labute approximate surface area is 153 Å². The van der Waals surface area contributed by atoms with Gasteiger partial charge in [-0.3, -0.25) is 4.79 Å². The van der Waals surface area contributed by atoms with E-state index in [9.17, 15) is 4.79 Å². The van der Waals surface area contributed by atoms with E-state index in [2.05, 4.69) is 53.8 Å². The summed E-state index contributed by atoms with van der Waals surface area (Å²) in [6, 6.07) is 0. The van der Waals surface area contributed by atoms with Crippen LogP contribution in [0.2, 0.25) is 0 Å². The van der Waals surface area contributed by atoms with E-state index in [-0.39, 0.29) is 35.5 Å². The van der Waals surface area contributed by atoms with E-state index < -0.39 is 7.12 Å². The van der Waals surface area contributed by atoms with Gasteiger partial charge in [0.25, 0.3) is 0 Å². The molecular weight excluding hydrogens is 315 g/mol. The molecule has 2 rings (SSSR count). The van der Waals surface area contributed by atoms with Gasteiger partial charge in [-0.25, -0.2) is 0 Å². The number of carbonyl (C=O) groups is 1. The molecule has 1 amide bonds. The van der Waals surface area contributed by atoms with Gasteiger partial charge in [-0.1, -0.05) is 48.0 Å². The van der Waals surface area contributed by atoms with E-state index in [0.29, 0.717) is 17.8 Å². The first-order chi connectivity index (χ1) is 11.6. The Morgan fingerprint density at radius 1 is 1.36 bits per heavy atom. The highest BCUT2D eigenvalue weighted by Crippen LogP contribution is 2.55. The van der Waals surface area contributed by atoms with Crippen molar-refractivity contribution in [2.45, 2.75) is 85.4 Å². The summed E-state index contributed by atoms with van der Waals surface area (Å²) >= 11 is 0. The number of nitrogens with two attached hydrogens (primary N) is 1. The Balaban J connectivity index is 2.22. The third-order valence-corrected chi connectivity index (χ3v) is 6.91. The quantitative estimate of drug-likeness (QED) is 0.721. The first-order valence-corrected chi connectivity index (χ1v) is 9.88. The highest BCUT2D eigenvalue weighted by atomic mass is 16.7.